The molecule has 0 aromatic carbocycles. The van der Waals surface area contributed by atoms with E-state index in [1.54, 1.807) is 27.7 Å². The van der Waals surface area contributed by atoms with Crippen molar-refractivity contribution < 1.29 is 85.9 Å². The molecule has 21 heteroatoms. The highest BCUT2D eigenvalue weighted by molar-refractivity contribution is 7.40. The summed E-state index contributed by atoms with van der Waals surface area (Å²) in [5.74, 6) is -0.963. The Morgan fingerprint density at radius 2 is 0.980 bits per heavy atom. The number of rotatable bonds is 27. The maximum atomic E-state index is 12.3. The zero-order valence-electron chi connectivity index (χ0n) is 29.8. The van der Waals surface area contributed by atoms with Gasteiger partial charge < -0.3 is 49.6 Å². The van der Waals surface area contributed by atoms with Crippen LogP contribution >= 0.6 is 24.5 Å². The van der Waals surface area contributed by atoms with Crippen LogP contribution in [0.3, 0.4) is 0 Å². The third kappa shape index (κ3) is 16.9. The highest BCUT2D eigenvalue weighted by Gasteiger charge is 2.43. The highest BCUT2D eigenvalue weighted by atomic mass is 31.1. The lowest BCUT2D eigenvalue weighted by Crippen LogP contribution is -2.55. The second-order valence-corrected chi connectivity index (χ2v) is 16.5. The van der Waals surface area contributed by atoms with E-state index in [4.69, 9.17) is 41.6 Å². The molecular formula is C30H58O18P3+3. The van der Waals surface area contributed by atoms with Gasteiger partial charge in [0.15, 0.2) is 24.3 Å². The Kier molecular flexibility index (Phi) is 23.6. The Balaban J connectivity index is 1.58. The quantitative estimate of drug-likeness (QED) is 0.0515. The third-order valence-corrected chi connectivity index (χ3v) is 11.2. The van der Waals surface area contributed by atoms with Crippen LogP contribution in [0.25, 0.3) is 0 Å². The van der Waals surface area contributed by atoms with E-state index < -0.39 is 105 Å². The topological polar surface area (TPSA) is 256 Å². The minimum absolute atomic E-state index is 0.127. The molecule has 0 spiro atoms. The lowest BCUT2D eigenvalue weighted by molar-refractivity contribution is -0.282. The van der Waals surface area contributed by atoms with Gasteiger partial charge in [-0.15, -0.1) is 22.6 Å². The van der Waals surface area contributed by atoms with Gasteiger partial charge in [-0.3, -0.25) is 0 Å². The molecule has 51 heavy (non-hydrogen) atoms. The first kappa shape index (κ1) is 46.9. The van der Waals surface area contributed by atoms with Crippen LogP contribution in [0.4, 0.5) is 0 Å². The molecule has 2 aliphatic heterocycles. The van der Waals surface area contributed by atoms with Crippen molar-refractivity contribution in [2.75, 3.05) is 52.9 Å². The molecule has 13 unspecified atom stereocenters. The molecule has 0 aromatic heterocycles. The van der Waals surface area contributed by atoms with E-state index in [-0.39, 0.29) is 32.1 Å². The smallest absolute Gasteiger partial charge is 0.394 e. The molecule has 298 valence electrons. The molecule has 6 N–H and O–H groups in total. The lowest BCUT2D eigenvalue weighted by Gasteiger charge is -2.40. The van der Waals surface area contributed by atoms with Crippen LogP contribution in [0.1, 0.15) is 66.2 Å². The average molecular weight is 800 g/mol. The fourth-order valence-electron chi connectivity index (χ4n) is 5.00. The Morgan fingerprint density at radius 3 is 1.35 bits per heavy atom. The van der Waals surface area contributed by atoms with Crippen molar-refractivity contribution in [3.63, 3.8) is 0 Å². The minimum Gasteiger partial charge on any atom is -0.394 e. The molecule has 0 aliphatic carbocycles. The Morgan fingerprint density at radius 1 is 0.588 bits per heavy atom. The van der Waals surface area contributed by atoms with Crippen molar-refractivity contribution in [1.82, 2.24) is 0 Å². The van der Waals surface area contributed by atoms with Crippen LogP contribution < -0.4 is 0 Å². The van der Waals surface area contributed by atoms with Gasteiger partial charge in [-0.1, -0.05) is 13.8 Å². The molecule has 2 aliphatic rings. The maximum Gasteiger partial charge on any atom is 0.697 e. The Bertz CT molecular complexity index is 943. The maximum absolute atomic E-state index is 12.3. The molecule has 0 bridgehead atoms. The molecule has 13 atom stereocenters. The summed E-state index contributed by atoms with van der Waals surface area (Å²) in [4.78, 5) is 0. The van der Waals surface area contributed by atoms with Gasteiger partial charge in [0.2, 0.25) is 0 Å². The van der Waals surface area contributed by atoms with Gasteiger partial charge in [0.05, 0.1) is 25.4 Å². The summed E-state index contributed by atoms with van der Waals surface area (Å²) in [7, 11) is -7.18. The summed E-state index contributed by atoms with van der Waals surface area (Å²) in [5.41, 5.74) is -0.313. The molecule has 18 nitrogen and oxygen atoms in total. The van der Waals surface area contributed by atoms with Gasteiger partial charge in [0, 0.05) is 34.2 Å². The number of aliphatic hydroxyl groups excluding tert-OH is 6. The van der Waals surface area contributed by atoms with E-state index >= 15 is 0 Å². The van der Waals surface area contributed by atoms with Crippen LogP contribution in [-0.4, -0.2) is 144 Å². The Hall–Kier alpha value is -0.300. The van der Waals surface area contributed by atoms with Gasteiger partial charge in [0.25, 0.3) is 0 Å². The fraction of sp³-hybridized carbons (Fsp3) is 1.00. The molecular weight excluding hydrogens is 741 g/mol. The molecule has 2 rings (SSSR count). The van der Waals surface area contributed by atoms with Crippen molar-refractivity contribution in [2.45, 2.75) is 127 Å². The van der Waals surface area contributed by atoms with E-state index in [1.807, 2.05) is 0 Å². The summed E-state index contributed by atoms with van der Waals surface area (Å²) in [6.45, 7) is 6.13. The molecule has 0 saturated carbocycles. The summed E-state index contributed by atoms with van der Waals surface area (Å²) in [6, 6.07) is 0. The van der Waals surface area contributed by atoms with E-state index in [1.165, 1.54) is 0 Å². The van der Waals surface area contributed by atoms with Crippen LogP contribution in [-0.2, 0) is 55.3 Å². The summed E-state index contributed by atoms with van der Waals surface area (Å²) < 4.78 is 85.6. The van der Waals surface area contributed by atoms with Crippen LogP contribution in [0.5, 0.6) is 0 Å². The van der Waals surface area contributed by atoms with E-state index in [2.05, 4.69) is 0 Å². The van der Waals surface area contributed by atoms with E-state index in [9.17, 15) is 44.3 Å². The standard InChI is InChI=1S/C30H58O18P3/c1-19(2)49(37)48-22(17-44-50(38)42-13-9-5-7-11-40-29-20(3)25(33)27(35)23(15-31)46-29)18-45-51(39)43-14-10-6-8-12-41-30-21(4)26(34)28(36)24(16-32)47-30/h19-36H,5-18H2,1-4H3/q+3. The van der Waals surface area contributed by atoms with Gasteiger partial charge in [-0.05, 0) is 56.9 Å². The molecule has 2 heterocycles. The molecule has 0 aromatic rings. The van der Waals surface area contributed by atoms with Crippen LogP contribution in [0.2, 0.25) is 0 Å². The Labute approximate surface area is 302 Å². The van der Waals surface area contributed by atoms with Crippen molar-refractivity contribution in [1.29, 1.82) is 0 Å². The zero-order valence-corrected chi connectivity index (χ0v) is 32.4. The average Bonchev–Trinajstić information content (AvgIpc) is 3.11. The second kappa shape index (κ2) is 25.7. The second-order valence-electron chi connectivity index (χ2n) is 12.8. The minimum atomic E-state index is -2.53. The monoisotopic (exact) mass is 799 g/mol. The van der Waals surface area contributed by atoms with Crippen molar-refractivity contribution in [3.8, 4) is 0 Å². The number of hydrogen-bond donors (Lipinski definition) is 6. The predicted molar refractivity (Wildman–Crippen MR) is 180 cm³/mol. The number of unbranched alkanes of at least 4 members (excludes halogenated alkanes) is 4. The van der Waals surface area contributed by atoms with Crippen molar-refractivity contribution >= 4 is 24.5 Å². The summed E-state index contributed by atoms with van der Waals surface area (Å²) >= 11 is 0. The van der Waals surface area contributed by atoms with Crippen LogP contribution in [0, 0.1) is 11.8 Å². The van der Waals surface area contributed by atoms with Crippen LogP contribution in [0.15, 0.2) is 0 Å². The first-order valence-electron chi connectivity index (χ1n) is 17.4. The highest BCUT2D eigenvalue weighted by Crippen LogP contribution is 2.34. The van der Waals surface area contributed by atoms with E-state index in [0.29, 0.717) is 51.7 Å². The normalized spacial score (nSPS) is 31.5. The first-order valence-corrected chi connectivity index (χ1v) is 20.8. The number of hydrogen-bond acceptors (Lipinski definition) is 18. The zero-order chi connectivity index (χ0) is 37.9. The number of ether oxygens (including phenoxy) is 4. The van der Waals surface area contributed by atoms with Gasteiger partial charge in [0.1, 0.15) is 50.8 Å². The van der Waals surface area contributed by atoms with E-state index in [0.717, 1.165) is 0 Å². The summed E-state index contributed by atoms with van der Waals surface area (Å²) in [5, 5.41) is 58.7. The van der Waals surface area contributed by atoms with Crippen molar-refractivity contribution in [2.24, 2.45) is 11.8 Å². The lowest BCUT2D eigenvalue weighted by atomic mass is 9.92. The van der Waals surface area contributed by atoms with Crippen molar-refractivity contribution in [3.05, 3.63) is 0 Å². The van der Waals surface area contributed by atoms with Gasteiger partial charge in [-0.2, -0.15) is 0 Å². The third-order valence-electron chi connectivity index (χ3n) is 8.32. The first-order chi connectivity index (χ1) is 24.3. The van der Waals surface area contributed by atoms with Gasteiger partial charge >= 0.3 is 24.5 Å². The fourth-order valence-corrected chi connectivity index (χ4v) is 6.94. The predicted octanol–water partition coefficient (Wildman–Crippen LogP) is 2.43. The molecule has 2 saturated heterocycles. The van der Waals surface area contributed by atoms with Gasteiger partial charge in [-0.25, -0.2) is 0 Å². The molecule has 0 amide bonds. The number of aliphatic hydroxyl groups is 6. The molecule has 0 radical (unpaired) electrons. The largest absolute Gasteiger partial charge is 0.697 e. The SMILES string of the molecule is CC1C(OCCCCCO[P+](=O)OCC(CO[P+](=O)OCCCCCOC2OC(CO)C(O)C(O)C2C)O[P+](=O)C(C)C)OC(CO)C(O)C1O. The molecule has 2 fully saturated rings. The summed E-state index contributed by atoms with van der Waals surface area (Å²) in [6.07, 6.45) is -5.28.